The summed E-state index contributed by atoms with van der Waals surface area (Å²) < 4.78 is 32.4. The Morgan fingerprint density at radius 2 is 1.82 bits per heavy atom. The zero-order valence-electron chi connectivity index (χ0n) is 21.2. The first-order valence-corrected chi connectivity index (χ1v) is 13.0. The van der Waals surface area contributed by atoms with Crippen molar-refractivity contribution in [2.24, 2.45) is 5.92 Å². The fourth-order valence-electron chi connectivity index (χ4n) is 5.43. The van der Waals surface area contributed by atoms with Crippen LogP contribution < -0.4 is 4.74 Å². The molecule has 1 atom stereocenters. The minimum atomic E-state index is -3.11. The lowest BCUT2D eigenvalue weighted by molar-refractivity contribution is -0.131. The Bertz CT molecular complexity index is 1470. The highest BCUT2D eigenvalue weighted by molar-refractivity contribution is 6.31. The zero-order valence-corrected chi connectivity index (χ0v) is 22.0. The molecule has 1 saturated heterocycles. The molecule has 202 valence electrons. The van der Waals surface area contributed by atoms with Crippen molar-refractivity contribution >= 4 is 28.4 Å². The summed E-state index contributed by atoms with van der Waals surface area (Å²) in [5, 5.41) is 12.8. The molecule has 5 rings (SSSR count). The van der Waals surface area contributed by atoms with Gasteiger partial charge in [-0.05, 0) is 47.6 Å². The van der Waals surface area contributed by atoms with Gasteiger partial charge in [0.2, 0.25) is 5.91 Å². The van der Waals surface area contributed by atoms with Crippen LogP contribution in [0.3, 0.4) is 0 Å². The van der Waals surface area contributed by atoms with Crippen molar-refractivity contribution < 1.29 is 23.4 Å². The molecule has 7 nitrogen and oxygen atoms in total. The lowest BCUT2D eigenvalue weighted by Gasteiger charge is -2.42. The first kappa shape index (κ1) is 26.9. The monoisotopic (exact) mass is 552 g/mol. The number of benzene rings is 2. The number of nitrogens with zero attached hydrogens (tertiary/aromatic N) is 4. The van der Waals surface area contributed by atoms with E-state index >= 15 is 0 Å². The Morgan fingerprint density at radius 1 is 1.13 bits per heavy atom. The number of aliphatic hydroxyl groups is 1. The highest BCUT2D eigenvalue weighted by Crippen LogP contribution is 2.44. The maximum atomic E-state index is 13.7. The van der Waals surface area contributed by atoms with Crippen LogP contribution in [0.1, 0.15) is 42.0 Å². The number of rotatable bonds is 7. The Labute approximate surface area is 229 Å². The number of ether oxygens (including phenoxy) is 1. The molecule has 3 heterocycles. The zero-order chi connectivity index (χ0) is 27.6. The van der Waals surface area contributed by atoms with E-state index in [9.17, 15) is 18.7 Å². The topological polar surface area (TPSA) is 88.4 Å². The summed E-state index contributed by atoms with van der Waals surface area (Å²) in [4.78, 5) is 26.1. The molecular weight excluding hydrogens is 526 g/mol. The Balaban J connectivity index is 1.66. The van der Waals surface area contributed by atoms with Crippen LogP contribution in [0.5, 0.6) is 5.75 Å². The molecule has 1 aliphatic heterocycles. The van der Waals surface area contributed by atoms with Gasteiger partial charge in [0.1, 0.15) is 22.8 Å². The molecule has 4 aromatic rings. The summed E-state index contributed by atoms with van der Waals surface area (Å²) in [6.07, 6.45) is 5.78. The fraction of sp³-hybridized carbons (Fsp3) is 0.310. The van der Waals surface area contributed by atoms with E-state index in [1.807, 2.05) is 30.3 Å². The molecule has 2 aromatic carbocycles. The third kappa shape index (κ3) is 5.42. The molecule has 2 aromatic heterocycles. The van der Waals surface area contributed by atoms with Crippen molar-refractivity contribution in [2.75, 3.05) is 13.1 Å². The van der Waals surface area contributed by atoms with Crippen molar-refractivity contribution in [3.8, 4) is 5.75 Å². The van der Waals surface area contributed by atoms with Crippen LogP contribution >= 0.6 is 11.6 Å². The number of hydrogen-bond donors (Lipinski definition) is 1. The second-order valence-corrected chi connectivity index (χ2v) is 10.0. The van der Waals surface area contributed by atoms with E-state index in [1.165, 1.54) is 13.3 Å². The Morgan fingerprint density at radius 3 is 2.46 bits per heavy atom. The quantitative estimate of drug-likeness (QED) is 0.310. The van der Waals surface area contributed by atoms with Crippen LogP contribution in [-0.2, 0) is 16.8 Å². The molecule has 0 radical (unpaired) electrons. The summed E-state index contributed by atoms with van der Waals surface area (Å²) in [5.41, 5.74) is 1.01. The summed E-state index contributed by atoms with van der Waals surface area (Å²) in [6, 6.07) is 14.3. The van der Waals surface area contributed by atoms with E-state index in [0.717, 1.165) is 0 Å². The molecule has 0 aliphatic carbocycles. The van der Waals surface area contributed by atoms with Crippen molar-refractivity contribution in [2.45, 2.75) is 38.4 Å². The van der Waals surface area contributed by atoms with Crippen LogP contribution in [0.2, 0.25) is 5.15 Å². The molecular formula is C29H27ClF2N4O3. The number of fused-ring (bicyclic) bond motifs is 1. The smallest absolute Gasteiger partial charge is 0.387 e. The molecule has 1 fully saturated rings. The van der Waals surface area contributed by atoms with E-state index in [2.05, 4.69) is 15.0 Å². The highest BCUT2D eigenvalue weighted by atomic mass is 35.5. The average Bonchev–Trinajstić information content (AvgIpc) is 2.95. The Hall–Kier alpha value is -3.69. The standard InChI is InChI=1S/C29H27ClF2N4O3/c1-18(37)36-11-9-21(10-12-36)29(38,20-5-3-2-4-6-20)22-7-8-25-23(14-22)26(39-28(31)32)24(27(30)35-25)13-19-15-33-17-34-16-19/h2-8,14-17,21,28,38H,9-13H2,1H3. The minimum Gasteiger partial charge on any atom is -0.434 e. The predicted molar refractivity (Wildman–Crippen MR) is 143 cm³/mol. The van der Waals surface area contributed by atoms with Gasteiger partial charge in [-0.25, -0.2) is 15.0 Å². The third-order valence-electron chi connectivity index (χ3n) is 7.37. The minimum absolute atomic E-state index is 0.00417. The molecule has 0 spiro atoms. The van der Waals surface area contributed by atoms with Crippen molar-refractivity contribution in [1.29, 1.82) is 0 Å². The molecule has 0 bridgehead atoms. The molecule has 1 aliphatic rings. The number of piperidine rings is 1. The number of aromatic nitrogens is 3. The predicted octanol–water partition coefficient (Wildman–Crippen LogP) is 5.36. The first-order chi connectivity index (χ1) is 18.8. The molecule has 0 saturated carbocycles. The van der Waals surface area contributed by atoms with Crippen molar-refractivity contribution in [1.82, 2.24) is 19.9 Å². The second kappa shape index (κ2) is 11.2. The van der Waals surface area contributed by atoms with Crippen LogP contribution in [0.4, 0.5) is 8.78 Å². The SMILES string of the molecule is CC(=O)N1CCC(C(O)(c2ccccc2)c2ccc3nc(Cl)c(Cc4cncnc4)c(OC(F)F)c3c2)CC1. The normalized spacial score (nSPS) is 15.9. The van der Waals surface area contributed by atoms with Gasteiger partial charge in [0.05, 0.1) is 5.52 Å². The number of carbonyl (C=O) groups is 1. The first-order valence-electron chi connectivity index (χ1n) is 12.6. The average molecular weight is 553 g/mol. The third-order valence-corrected chi connectivity index (χ3v) is 7.68. The van der Waals surface area contributed by atoms with E-state index in [0.29, 0.717) is 53.5 Å². The fourth-order valence-corrected chi connectivity index (χ4v) is 5.67. The summed E-state index contributed by atoms with van der Waals surface area (Å²) >= 11 is 6.47. The molecule has 1 amide bonds. The summed E-state index contributed by atoms with van der Waals surface area (Å²) in [5.74, 6) is -0.336. The maximum Gasteiger partial charge on any atom is 0.387 e. The number of amides is 1. The lowest BCUT2D eigenvalue weighted by atomic mass is 9.71. The van der Waals surface area contributed by atoms with E-state index < -0.39 is 12.2 Å². The number of pyridine rings is 1. The van der Waals surface area contributed by atoms with Crippen LogP contribution in [0, 0.1) is 5.92 Å². The van der Waals surface area contributed by atoms with Gasteiger partial charge in [0.25, 0.3) is 0 Å². The van der Waals surface area contributed by atoms with Crippen LogP contribution in [0.15, 0.2) is 67.3 Å². The van der Waals surface area contributed by atoms with Gasteiger partial charge in [-0.3, -0.25) is 4.79 Å². The summed E-state index contributed by atoms with van der Waals surface area (Å²) in [6.45, 7) is -0.536. The molecule has 1 N–H and O–H groups in total. The molecule has 39 heavy (non-hydrogen) atoms. The van der Waals surface area contributed by atoms with Gasteiger partial charge in [-0.1, -0.05) is 48.0 Å². The maximum absolute atomic E-state index is 13.7. The summed E-state index contributed by atoms with van der Waals surface area (Å²) in [7, 11) is 0. The largest absolute Gasteiger partial charge is 0.434 e. The van der Waals surface area contributed by atoms with Crippen molar-refractivity contribution in [3.05, 3.63) is 94.7 Å². The lowest BCUT2D eigenvalue weighted by Crippen LogP contribution is -2.45. The van der Waals surface area contributed by atoms with Gasteiger partial charge in [0.15, 0.2) is 0 Å². The van der Waals surface area contributed by atoms with Gasteiger partial charge >= 0.3 is 6.61 Å². The molecule has 1 unspecified atom stereocenters. The number of carbonyl (C=O) groups excluding carboxylic acids is 1. The number of alkyl halides is 2. The molecule has 10 heteroatoms. The van der Waals surface area contributed by atoms with Gasteiger partial charge < -0.3 is 14.7 Å². The van der Waals surface area contributed by atoms with Gasteiger partial charge in [-0.2, -0.15) is 8.78 Å². The van der Waals surface area contributed by atoms with Crippen LogP contribution in [0.25, 0.3) is 10.9 Å². The van der Waals surface area contributed by atoms with Gasteiger partial charge in [0, 0.05) is 49.8 Å². The Kier molecular flexibility index (Phi) is 7.72. The van der Waals surface area contributed by atoms with E-state index in [4.69, 9.17) is 16.3 Å². The van der Waals surface area contributed by atoms with E-state index in [-0.39, 0.29) is 34.7 Å². The number of halogens is 3. The number of likely N-dealkylation sites (tertiary alicyclic amines) is 1. The second-order valence-electron chi connectivity index (χ2n) is 9.66. The van der Waals surface area contributed by atoms with Crippen molar-refractivity contribution in [3.63, 3.8) is 0 Å². The van der Waals surface area contributed by atoms with Gasteiger partial charge in [-0.15, -0.1) is 0 Å². The number of hydrogen-bond acceptors (Lipinski definition) is 6. The van der Waals surface area contributed by atoms with E-state index in [1.54, 1.807) is 35.5 Å². The highest BCUT2D eigenvalue weighted by Gasteiger charge is 2.42. The van der Waals surface area contributed by atoms with Crippen LogP contribution in [-0.4, -0.2) is 50.6 Å².